The minimum atomic E-state index is 0.359. The summed E-state index contributed by atoms with van der Waals surface area (Å²) in [6.07, 6.45) is 0. The van der Waals surface area contributed by atoms with Crippen LogP contribution in [0.5, 0.6) is 0 Å². The number of aromatic nitrogens is 9. The van der Waals surface area contributed by atoms with E-state index in [9.17, 15) is 10.5 Å². The van der Waals surface area contributed by atoms with Gasteiger partial charge in [0.25, 0.3) is 0 Å². The van der Waals surface area contributed by atoms with Crippen molar-refractivity contribution in [1.29, 1.82) is 10.5 Å². The summed E-state index contributed by atoms with van der Waals surface area (Å²) in [5, 5.41) is 33.4. The highest BCUT2D eigenvalue weighted by Gasteiger charge is 2.32. The number of aryl methyl sites for hydroxylation is 4. The molecule has 0 N–H and O–H groups in total. The van der Waals surface area contributed by atoms with Crippen LogP contribution in [0.25, 0.3) is 231 Å². The molecule has 0 radical (unpaired) electrons. The number of benzene rings is 19. The first-order valence-corrected chi connectivity index (χ1v) is 46.1. The Balaban J connectivity index is 0.000000114. The van der Waals surface area contributed by atoms with Crippen LogP contribution in [0.2, 0.25) is 0 Å². The normalized spacial score (nSPS) is 11.4. The predicted molar refractivity (Wildman–Crippen MR) is 567 cm³/mol. The third-order valence-electron chi connectivity index (χ3n) is 27.1. The first-order valence-electron chi connectivity index (χ1n) is 46.1. The van der Waals surface area contributed by atoms with E-state index < -0.39 is 0 Å². The fraction of sp³-hybridized carbons (Fsp3) is 0.0320. The topological polar surface area (TPSA) is 125 Å². The summed E-state index contributed by atoms with van der Waals surface area (Å²) in [5.41, 5.74) is 33.2. The number of rotatable bonds is 11. The Kier molecular flexibility index (Phi) is 20.0. The molecular formula is C125H81N13. The van der Waals surface area contributed by atoms with E-state index in [1.807, 2.05) is 84.9 Å². The molecule has 0 saturated carbocycles. The van der Waals surface area contributed by atoms with Gasteiger partial charge in [0.2, 0.25) is 5.69 Å². The second kappa shape index (κ2) is 33.7. The Labute approximate surface area is 794 Å². The first-order chi connectivity index (χ1) is 68.0. The van der Waals surface area contributed by atoms with Crippen LogP contribution in [0.3, 0.4) is 0 Å². The van der Waals surface area contributed by atoms with Crippen molar-refractivity contribution in [3.8, 4) is 103 Å². The van der Waals surface area contributed by atoms with E-state index in [0.717, 1.165) is 171 Å². The molecule has 0 saturated heterocycles. The number of hydrogen-bond donors (Lipinski definition) is 0. The standard InChI is InChI=1S/C49H37N5.2C38H22N4/c1-30-17-15-18-31(2)43(30)53-40-27-13-11-25-36(40)38-29-39(49-51-47(34-21-7-5-8-22-34)50-48(52-49)35-23-9-6-10-24-35)46-42(45(38)53)37-26-12-14-28-41(37)54(46)44-32(3)19-16-20-33(44)4;1-40-27-21-25(24-39)20-26(22-27)32-23-33-30-16-8-10-18-34(30)41(28-12-4-2-5-13-28)38(33)36-31-17-9-11-19-35(31)42(37(32)36)29-14-6-3-7-15-29;1-40-33-22-25(20-21-26(33)24-39)31-23-32-29-16-8-10-18-34(29)41(27-12-4-2-5-13-27)38(32)36-30-17-9-11-19-35(30)42(37(31)36)28-14-6-3-7-15-28/h5-29H,1-4H3;2*2-23H. The first kappa shape index (κ1) is 82.1. The smallest absolute Gasteiger partial charge is 0.205 e. The van der Waals surface area contributed by atoms with E-state index in [-0.39, 0.29) is 0 Å². The minimum absolute atomic E-state index is 0.359. The molecule has 0 spiro atoms. The molecule has 0 aliphatic carbocycles. The molecule has 0 bridgehead atoms. The maximum atomic E-state index is 9.87. The van der Waals surface area contributed by atoms with E-state index in [1.165, 1.54) is 55.3 Å². The van der Waals surface area contributed by atoms with E-state index in [4.69, 9.17) is 28.1 Å². The summed E-state index contributed by atoms with van der Waals surface area (Å²) in [6.45, 7) is 24.4. The molecule has 0 fully saturated rings. The van der Waals surface area contributed by atoms with Crippen molar-refractivity contribution in [2.24, 2.45) is 0 Å². The van der Waals surface area contributed by atoms with Gasteiger partial charge in [-0.15, -0.1) is 0 Å². The maximum Gasteiger partial charge on any atom is 0.205 e. The van der Waals surface area contributed by atoms with Crippen LogP contribution < -0.4 is 0 Å². The third kappa shape index (κ3) is 13.3. The van der Waals surface area contributed by atoms with Gasteiger partial charge in [-0.25, -0.2) is 24.6 Å². The molecule has 0 aliphatic rings. The Morgan fingerprint density at radius 1 is 0.239 bits per heavy atom. The second-order valence-corrected chi connectivity index (χ2v) is 35.1. The molecule has 13 heteroatoms. The van der Waals surface area contributed by atoms with Crippen molar-refractivity contribution in [2.75, 3.05) is 0 Å². The lowest BCUT2D eigenvalue weighted by molar-refractivity contribution is 1.07. The highest BCUT2D eigenvalue weighted by Crippen LogP contribution is 2.52. The van der Waals surface area contributed by atoms with Gasteiger partial charge in [-0.05, 0) is 188 Å². The fourth-order valence-corrected chi connectivity index (χ4v) is 21.3. The Morgan fingerprint density at radius 2 is 0.551 bits per heavy atom. The van der Waals surface area contributed by atoms with Crippen molar-refractivity contribution < 1.29 is 0 Å². The van der Waals surface area contributed by atoms with Crippen LogP contribution in [-0.4, -0.2) is 42.4 Å². The lowest BCUT2D eigenvalue weighted by Crippen LogP contribution is -2.04. The summed E-state index contributed by atoms with van der Waals surface area (Å²) >= 11 is 0. The number of fused-ring (bicyclic) bond motifs is 21. The molecule has 0 atom stereocenters. The SMILES string of the molecule is Cc1cccc(C)c1-n1c2ccccc2c2c1c(-c1nc(-c3ccccc3)nc(-c3ccccc3)n1)cc1c3ccccc3n(-c3c(C)cccc3C)c12.[C-]#[N+]c1cc(-c2cc3c4ccccc4n(-c4ccccc4)c3c3c4ccccc4n(-c4ccccc4)c23)ccc1C#N.[C-]#[N+]c1cc(C#N)cc(-c2cc3c4ccccc4n(-c4ccccc4)c3c3c4ccccc4n(-c4ccccc4)c23)c1. The van der Waals surface area contributed by atoms with Crippen LogP contribution in [0.4, 0.5) is 11.4 Å². The highest BCUT2D eigenvalue weighted by molar-refractivity contribution is 6.33. The van der Waals surface area contributed by atoms with E-state index in [1.54, 1.807) is 12.1 Å². The summed E-state index contributed by atoms with van der Waals surface area (Å²) in [6, 6.07) is 150. The average molecular weight is 1770 g/mol. The van der Waals surface area contributed by atoms with Gasteiger partial charge in [-0.3, -0.25) is 0 Å². The van der Waals surface area contributed by atoms with Crippen LogP contribution in [0.15, 0.2) is 419 Å². The molecule has 26 rings (SSSR count). The number of nitriles is 2. The molecule has 138 heavy (non-hydrogen) atoms. The van der Waals surface area contributed by atoms with Gasteiger partial charge in [0.15, 0.2) is 23.2 Å². The van der Waals surface area contributed by atoms with Gasteiger partial charge >= 0.3 is 0 Å². The Bertz CT molecular complexity index is 9540. The van der Waals surface area contributed by atoms with Crippen LogP contribution in [0.1, 0.15) is 33.4 Å². The molecule has 0 amide bonds. The van der Waals surface area contributed by atoms with Crippen LogP contribution in [0, 0.1) is 63.5 Å². The van der Waals surface area contributed by atoms with Crippen molar-refractivity contribution in [3.63, 3.8) is 0 Å². The monoisotopic (exact) mass is 1760 g/mol. The minimum Gasteiger partial charge on any atom is -0.309 e. The van der Waals surface area contributed by atoms with Gasteiger partial charge < -0.3 is 27.4 Å². The maximum absolute atomic E-state index is 9.87. The summed E-state index contributed by atoms with van der Waals surface area (Å²) < 4.78 is 14.4. The van der Waals surface area contributed by atoms with Crippen molar-refractivity contribution in [2.45, 2.75) is 27.7 Å². The number of hydrogen-bond acceptors (Lipinski definition) is 5. The van der Waals surface area contributed by atoms with Crippen LogP contribution >= 0.6 is 0 Å². The molecule has 646 valence electrons. The van der Waals surface area contributed by atoms with E-state index in [2.05, 4.69) is 398 Å². The summed E-state index contributed by atoms with van der Waals surface area (Å²) in [7, 11) is 0. The zero-order valence-corrected chi connectivity index (χ0v) is 75.7. The lowest BCUT2D eigenvalue weighted by Gasteiger charge is -2.18. The third-order valence-corrected chi connectivity index (χ3v) is 27.1. The number of nitrogens with zero attached hydrogens (tertiary/aromatic N) is 13. The molecule has 19 aromatic carbocycles. The Morgan fingerprint density at radius 3 is 0.935 bits per heavy atom. The highest BCUT2D eigenvalue weighted by atomic mass is 15.1. The summed E-state index contributed by atoms with van der Waals surface area (Å²) in [4.78, 5) is 23.2. The quantitative estimate of drug-likeness (QED) is 0.119. The average Bonchev–Trinajstić information content (AvgIpc) is 1.54. The van der Waals surface area contributed by atoms with Crippen LogP contribution in [-0.2, 0) is 0 Å². The van der Waals surface area contributed by atoms with Crippen molar-refractivity contribution in [3.05, 3.63) is 475 Å². The molecule has 13 nitrogen and oxygen atoms in total. The van der Waals surface area contributed by atoms with Gasteiger partial charge in [0, 0.05) is 121 Å². The molecule has 7 aromatic heterocycles. The van der Waals surface area contributed by atoms with Gasteiger partial charge in [-0.1, -0.05) is 291 Å². The Hall–Kier alpha value is -19.1. The zero-order chi connectivity index (χ0) is 92.9. The van der Waals surface area contributed by atoms with E-state index in [0.29, 0.717) is 40.0 Å². The van der Waals surface area contributed by atoms with Gasteiger partial charge in [0.1, 0.15) is 0 Å². The predicted octanol–water partition coefficient (Wildman–Crippen LogP) is 32.2. The van der Waals surface area contributed by atoms with E-state index >= 15 is 0 Å². The van der Waals surface area contributed by atoms with Crippen molar-refractivity contribution in [1.82, 2.24) is 42.4 Å². The molecule has 0 aliphatic heterocycles. The lowest BCUT2D eigenvalue weighted by atomic mass is 9.96. The van der Waals surface area contributed by atoms with Gasteiger partial charge in [0.05, 0.1) is 108 Å². The molecule has 7 heterocycles. The second-order valence-electron chi connectivity index (χ2n) is 35.1. The van der Waals surface area contributed by atoms with Crippen molar-refractivity contribution >= 4 is 142 Å². The zero-order valence-electron chi connectivity index (χ0n) is 75.7. The largest absolute Gasteiger partial charge is 0.309 e. The number of para-hydroxylation sites is 12. The molecule has 0 unspecified atom stereocenters. The van der Waals surface area contributed by atoms with Gasteiger partial charge in [-0.2, -0.15) is 10.5 Å². The molecule has 26 aromatic rings. The summed E-state index contributed by atoms with van der Waals surface area (Å²) in [5.74, 6) is 1.91. The molecular weight excluding hydrogens is 1680 g/mol. The fourth-order valence-electron chi connectivity index (χ4n) is 21.3.